The number of hydrogen-bond donors (Lipinski definition) is 2. The molecule has 202 valence electrons. The molecule has 0 aliphatic heterocycles. The van der Waals surface area contributed by atoms with Gasteiger partial charge in [0.15, 0.2) is 15.7 Å². The standard InChI is InChI=1S/C27H38N4O5S/c1-25(2,3)14-23-28-19-12-18(10-11-20(19)31(23)15-17-8-9-17)37(34,35)27(6,7)24(33)29-22-13-21(36-30-22)26(4,5)16-32/h10-13,17,32H,8-9,14-16H2,1-7H3,(H,29,30,33). The van der Waals surface area contributed by atoms with Crippen LogP contribution in [0.15, 0.2) is 33.7 Å². The van der Waals surface area contributed by atoms with Gasteiger partial charge in [-0.05, 0) is 56.2 Å². The highest BCUT2D eigenvalue weighted by molar-refractivity contribution is 7.93. The van der Waals surface area contributed by atoms with Crippen LogP contribution in [0.3, 0.4) is 0 Å². The molecule has 1 fully saturated rings. The molecule has 0 unspecified atom stereocenters. The van der Waals surface area contributed by atoms with Crippen molar-refractivity contribution >= 4 is 32.6 Å². The van der Waals surface area contributed by atoms with E-state index in [2.05, 4.69) is 35.8 Å². The van der Waals surface area contributed by atoms with Crippen LogP contribution in [0, 0.1) is 11.3 Å². The fraction of sp³-hybridized carbons (Fsp3) is 0.593. The molecule has 2 heterocycles. The van der Waals surface area contributed by atoms with Gasteiger partial charge in [-0.2, -0.15) is 0 Å². The molecule has 1 aliphatic carbocycles. The number of anilines is 1. The molecule has 0 radical (unpaired) electrons. The number of aromatic nitrogens is 3. The molecular weight excluding hydrogens is 492 g/mol. The number of amides is 1. The second kappa shape index (κ2) is 9.23. The fourth-order valence-corrected chi connectivity index (χ4v) is 5.51. The van der Waals surface area contributed by atoms with E-state index in [-0.39, 0.29) is 22.7 Å². The summed E-state index contributed by atoms with van der Waals surface area (Å²) in [6.45, 7) is 13.5. The van der Waals surface area contributed by atoms with Crippen LogP contribution in [-0.2, 0) is 33.0 Å². The van der Waals surface area contributed by atoms with E-state index in [1.165, 1.54) is 32.8 Å². The van der Waals surface area contributed by atoms with Crippen molar-refractivity contribution in [2.24, 2.45) is 11.3 Å². The minimum absolute atomic E-state index is 0.0328. The average Bonchev–Trinajstić information content (AvgIpc) is 3.39. The Kier molecular flexibility index (Phi) is 6.82. The van der Waals surface area contributed by atoms with Crippen LogP contribution in [0.2, 0.25) is 0 Å². The van der Waals surface area contributed by atoms with Crippen molar-refractivity contribution in [3.05, 3.63) is 35.9 Å². The molecule has 1 aliphatic rings. The summed E-state index contributed by atoms with van der Waals surface area (Å²) in [5, 5.41) is 15.9. The van der Waals surface area contributed by atoms with Crippen molar-refractivity contribution in [1.82, 2.24) is 14.7 Å². The average molecular weight is 531 g/mol. The Balaban J connectivity index is 1.64. The highest BCUT2D eigenvalue weighted by Crippen LogP contribution is 2.35. The Bertz CT molecular complexity index is 1420. The minimum atomic E-state index is -4.08. The molecule has 10 heteroatoms. The Morgan fingerprint density at radius 1 is 1.14 bits per heavy atom. The van der Waals surface area contributed by atoms with E-state index in [1.807, 2.05) is 0 Å². The summed E-state index contributed by atoms with van der Waals surface area (Å²) in [6, 6.07) is 6.44. The van der Waals surface area contributed by atoms with Crippen LogP contribution in [0.5, 0.6) is 0 Å². The molecule has 3 aromatic rings. The van der Waals surface area contributed by atoms with Crippen LogP contribution < -0.4 is 5.32 Å². The number of carbonyl (C=O) groups is 1. The SMILES string of the molecule is CC(C)(C)Cc1nc2cc(S(=O)(=O)C(C)(C)C(=O)Nc3cc(C(C)(C)CO)on3)ccc2n1CC1CC1. The maximum absolute atomic E-state index is 13.7. The number of imidazole rings is 1. The Hall–Kier alpha value is -2.72. The van der Waals surface area contributed by atoms with E-state index < -0.39 is 25.9 Å². The van der Waals surface area contributed by atoms with Gasteiger partial charge in [0.05, 0.1) is 22.5 Å². The van der Waals surface area contributed by atoms with Gasteiger partial charge in [-0.1, -0.05) is 39.8 Å². The van der Waals surface area contributed by atoms with Gasteiger partial charge in [0.1, 0.15) is 16.3 Å². The fourth-order valence-electron chi connectivity index (χ4n) is 4.11. The molecule has 37 heavy (non-hydrogen) atoms. The molecule has 1 amide bonds. The van der Waals surface area contributed by atoms with E-state index in [9.17, 15) is 18.3 Å². The van der Waals surface area contributed by atoms with Gasteiger partial charge in [0, 0.05) is 24.4 Å². The number of aliphatic hydroxyl groups excluding tert-OH is 1. The number of rotatable bonds is 9. The molecule has 4 rings (SSSR count). The quantitative estimate of drug-likeness (QED) is 0.417. The highest BCUT2D eigenvalue weighted by Gasteiger charge is 2.43. The largest absolute Gasteiger partial charge is 0.395 e. The molecule has 2 aromatic heterocycles. The lowest BCUT2D eigenvalue weighted by molar-refractivity contribution is -0.117. The Morgan fingerprint density at radius 2 is 1.81 bits per heavy atom. The van der Waals surface area contributed by atoms with Crippen molar-refractivity contribution in [3.8, 4) is 0 Å². The van der Waals surface area contributed by atoms with Crippen LogP contribution in [-0.4, -0.2) is 45.5 Å². The summed E-state index contributed by atoms with van der Waals surface area (Å²) < 4.78 is 33.0. The number of nitrogens with one attached hydrogen (secondary N) is 1. The summed E-state index contributed by atoms with van der Waals surface area (Å²) in [7, 11) is -4.08. The molecule has 0 bridgehead atoms. The summed E-state index contributed by atoms with van der Waals surface area (Å²) in [6.07, 6.45) is 3.18. The Labute approximate surface area is 218 Å². The first-order valence-corrected chi connectivity index (χ1v) is 14.2. The maximum atomic E-state index is 13.7. The second-order valence-electron chi connectivity index (χ2n) is 12.6. The number of carbonyl (C=O) groups excluding carboxylic acids is 1. The van der Waals surface area contributed by atoms with E-state index in [4.69, 9.17) is 9.51 Å². The summed E-state index contributed by atoms with van der Waals surface area (Å²) >= 11 is 0. The van der Waals surface area contributed by atoms with E-state index in [0.717, 1.165) is 24.3 Å². The molecular formula is C27H38N4O5S. The molecule has 9 nitrogen and oxygen atoms in total. The van der Waals surface area contributed by atoms with Crippen molar-refractivity contribution in [1.29, 1.82) is 0 Å². The topological polar surface area (TPSA) is 127 Å². The summed E-state index contributed by atoms with van der Waals surface area (Å²) in [5.41, 5.74) is 0.866. The van der Waals surface area contributed by atoms with Crippen molar-refractivity contribution in [3.63, 3.8) is 0 Å². The molecule has 0 spiro atoms. The number of nitrogens with zero attached hydrogens (tertiary/aromatic N) is 3. The van der Waals surface area contributed by atoms with Gasteiger partial charge < -0.3 is 19.5 Å². The van der Waals surface area contributed by atoms with Gasteiger partial charge in [0.2, 0.25) is 5.91 Å². The first-order chi connectivity index (χ1) is 17.0. The monoisotopic (exact) mass is 530 g/mol. The number of aliphatic hydroxyl groups is 1. The molecule has 0 saturated heterocycles. The van der Waals surface area contributed by atoms with Gasteiger partial charge in [0.25, 0.3) is 0 Å². The predicted octanol–water partition coefficient (Wildman–Crippen LogP) is 4.48. The van der Waals surface area contributed by atoms with E-state index >= 15 is 0 Å². The lowest BCUT2D eigenvalue weighted by atomic mass is 9.92. The van der Waals surface area contributed by atoms with Crippen molar-refractivity contribution in [2.45, 2.75) is 89.3 Å². The third kappa shape index (κ3) is 5.45. The molecule has 1 saturated carbocycles. The van der Waals surface area contributed by atoms with Gasteiger partial charge in [-0.25, -0.2) is 13.4 Å². The third-order valence-electron chi connectivity index (χ3n) is 6.97. The maximum Gasteiger partial charge on any atom is 0.246 e. The molecule has 2 N–H and O–H groups in total. The zero-order valence-electron chi connectivity index (χ0n) is 22.8. The molecule has 1 aromatic carbocycles. The van der Waals surface area contributed by atoms with Gasteiger partial charge >= 0.3 is 0 Å². The highest BCUT2D eigenvalue weighted by atomic mass is 32.2. The lowest BCUT2D eigenvalue weighted by Crippen LogP contribution is -2.44. The van der Waals surface area contributed by atoms with Crippen LogP contribution >= 0.6 is 0 Å². The zero-order valence-corrected chi connectivity index (χ0v) is 23.6. The van der Waals surface area contributed by atoms with Gasteiger partial charge in [-0.3, -0.25) is 4.79 Å². The second-order valence-corrected chi connectivity index (χ2v) is 15.1. The normalized spacial score (nSPS) is 15.4. The van der Waals surface area contributed by atoms with Crippen LogP contribution in [0.1, 0.15) is 72.9 Å². The first kappa shape index (κ1) is 27.3. The van der Waals surface area contributed by atoms with Gasteiger partial charge in [-0.15, -0.1) is 0 Å². The summed E-state index contributed by atoms with van der Waals surface area (Å²) in [4.78, 5) is 18.0. The molecule has 0 atom stereocenters. The third-order valence-corrected chi connectivity index (χ3v) is 9.37. The number of sulfone groups is 1. The Morgan fingerprint density at radius 3 is 2.41 bits per heavy atom. The predicted molar refractivity (Wildman–Crippen MR) is 142 cm³/mol. The van der Waals surface area contributed by atoms with E-state index in [0.29, 0.717) is 17.2 Å². The van der Waals surface area contributed by atoms with Crippen molar-refractivity contribution < 1.29 is 22.8 Å². The lowest BCUT2D eigenvalue weighted by Gasteiger charge is -2.23. The summed E-state index contributed by atoms with van der Waals surface area (Å²) in [5.74, 6) is 1.33. The van der Waals surface area contributed by atoms with E-state index in [1.54, 1.807) is 32.0 Å². The smallest absolute Gasteiger partial charge is 0.246 e. The minimum Gasteiger partial charge on any atom is -0.395 e. The number of fused-ring (bicyclic) bond motifs is 1. The number of hydrogen-bond acceptors (Lipinski definition) is 7. The van der Waals surface area contributed by atoms with Crippen LogP contribution in [0.25, 0.3) is 11.0 Å². The first-order valence-electron chi connectivity index (χ1n) is 12.7. The van der Waals surface area contributed by atoms with Crippen molar-refractivity contribution in [2.75, 3.05) is 11.9 Å². The van der Waals surface area contributed by atoms with Crippen LogP contribution in [0.4, 0.5) is 5.82 Å². The number of benzene rings is 1. The zero-order chi connectivity index (χ0) is 27.4.